The van der Waals surface area contributed by atoms with Crippen molar-refractivity contribution in [2.75, 3.05) is 26.1 Å². The summed E-state index contributed by atoms with van der Waals surface area (Å²) >= 11 is 1.51. The Balaban J connectivity index is 2.05. The summed E-state index contributed by atoms with van der Waals surface area (Å²) in [5.41, 5.74) is 1.60. The van der Waals surface area contributed by atoms with E-state index in [-0.39, 0.29) is 12.5 Å². The van der Waals surface area contributed by atoms with Gasteiger partial charge in [0.2, 0.25) is 5.91 Å². The van der Waals surface area contributed by atoms with E-state index >= 15 is 0 Å². The number of fused-ring (bicyclic) bond motifs is 1. The van der Waals surface area contributed by atoms with Crippen molar-refractivity contribution >= 4 is 28.8 Å². The van der Waals surface area contributed by atoms with Gasteiger partial charge < -0.3 is 14.2 Å². The molecular formula is C23H28N2O5S. The van der Waals surface area contributed by atoms with E-state index in [1.54, 1.807) is 18.9 Å². The summed E-state index contributed by atoms with van der Waals surface area (Å²) in [5.74, 6) is 1.24. The van der Waals surface area contributed by atoms with Crippen LogP contribution in [0.15, 0.2) is 47.1 Å². The number of carbonyl (C=O) groups excluding carboxylic acids is 2. The predicted molar refractivity (Wildman–Crippen MR) is 121 cm³/mol. The molecule has 0 saturated carbocycles. The van der Waals surface area contributed by atoms with E-state index in [2.05, 4.69) is 18.5 Å². The van der Waals surface area contributed by atoms with E-state index in [0.717, 1.165) is 18.4 Å². The van der Waals surface area contributed by atoms with Crippen molar-refractivity contribution in [3.05, 3.63) is 47.7 Å². The van der Waals surface area contributed by atoms with Crippen LogP contribution in [0, 0.1) is 0 Å². The number of thioether (sulfide) groups is 1. The Hall–Kier alpha value is -2.74. The van der Waals surface area contributed by atoms with Crippen LogP contribution in [0.4, 0.5) is 0 Å². The maximum absolute atomic E-state index is 12.9. The molecule has 1 aromatic rings. The first kappa shape index (κ1) is 22.9. The fourth-order valence-corrected chi connectivity index (χ4v) is 4.49. The first-order valence-corrected chi connectivity index (χ1v) is 11.3. The minimum Gasteiger partial charge on any atom is -0.493 e. The van der Waals surface area contributed by atoms with Crippen LogP contribution < -0.4 is 9.47 Å². The highest BCUT2D eigenvalue weighted by Crippen LogP contribution is 2.42. The molecule has 0 radical (unpaired) electrons. The summed E-state index contributed by atoms with van der Waals surface area (Å²) in [6.45, 7) is 8.13. The van der Waals surface area contributed by atoms with E-state index in [4.69, 9.17) is 14.2 Å². The van der Waals surface area contributed by atoms with Crippen molar-refractivity contribution in [3.8, 4) is 11.5 Å². The Labute approximate surface area is 187 Å². The Morgan fingerprint density at radius 3 is 2.90 bits per heavy atom. The first-order chi connectivity index (χ1) is 15.0. The molecule has 166 valence electrons. The standard InChI is InChI=1S/C23H28N2O5S/c1-5-7-12-29-17-9-8-16(14-18(17)28-4)21-20(22(27)30-11-6-2)15(3)24-23-25(21)19(26)10-13-31-23/h6,8-9,14,21H,2,5,7,10-13H2,1,3-4H3/t21-/m0/s1. The van der Waals surface area contributed by atoms with Crippen molar-refractivity contribution in [1.82, 2.24) is 4.90 Å². The second-order valence-electron chi connectivity index (χ2n) is 7.16. The number of methoxy groups -OCH3 is 1. The van der Waals surface area contributed by atoms with Crippen LogP contribution in [-0.2, 0) is 14.3 Å². The highest BCUT2D eigenvalue weighted by atomic mass is 32.2. The highest BCUT2D eigenvalue weighted by molar-refractivity contribution is 8.14. The average molecular weight is 445 g/mol. The van der Waals surface area contributed by atoms with Gasteiger partial charge in [0.15, 0.2) is 16.7 Å². The number of esters is 1. The lowest BCUT2D eigenvalue weighted by atomic mass is 9.94. The zero-order valence-electron chi connectivity index (χ0n) is 18.2. The van der Waals surface area contributed by atoms with Gasteiger partial charge in [-0.3, -0.25) is 9.69 Å². The maximum atomic E-state index is 12.9. The number of hydrogen-bond donors (Lipinski definition) is 0. The molecule has 2 aliphatic heterocycles. The molecule has 1 fully saturated rings. The molecular weight excluding hydrogens is 416 g/mol. The van der Waals surface area contributed by atoms with Crippen molar-refractivity contribution in [2.24, 2.45) is 4.99 Å². The normalized spacial score (nSPS) is 18.3. The van der Waals surface area contributed by atoms with Crippen LogP contribution in [0.5, 0.6) is 11.5 Å². The smallest absolute Gasteiger partial charge is 0.338 e. The zero-order chi connectivity index (χ0) is 22.4. The van der Waals surface area contributed by atoms with E-state index < -0.39 is 12.0 Å². The van der Waals surface area contributed by atoms with E-state index in [1.807, 2.05) is 18.2 Å². The molecule has 0 aliphatic carbocycles. The number of unbranched alkanes of at least 4 members (excludes halogenated alkanes) is 1. The van der Waals surface area contributed by atoms with Gasteiger partial charge in [0, 0.05) is 12.2 Å². The molecule has 2 aliphatic rings. The minimum atomic E-state index is -0.649. The predicted octanol–water partition coefficient (Wildman–Crippen LogP) is 4.25. The molecule has 0 aromatic heterocycles. The molecule has 0 bridgehead atoms. The number of carbonyl (C=O) groups is 2. The second-order valence-corrected chi connectivity index (χ2v) is 8.22. The van der Waals surface area contributed by atoms with E-state index in [9.17, 15) is 9.59 Å². The molecule has 2 heterocycles. The van der Waals surface area contributed by atoms with Gasteiger partial charge in [-0.2, -0.15) is 0 Å². The molecule has 1 atom stereocenters. The molecule has 1 aromatic carbocycles. The molecule has 1 saturated heterocycles. The number of amidine groups is 1. The number of ether oxygens (including phenoxy) is 3. The SMILES string of the molecule is C=CCOC(=O)C1=C(C)N=C2SCCC(=O)N2[C@H]1c1ccc(OCCCC)c(OC)c1. The highest BCUT2D eigenvalue weighted by Gasteiger charge is 2.41. The lowest BCUT2D eigenvalue weighted by molar-refractivity contribution is -0.139. The van der Waals surface area contributed by atoms with Gasteiger partial charge in [-0.05, 0) is 31.0 Å². The number of allylic oxidation sites excluding steroid dienone is 1. The van der Waals surface area contributed by atoms with Gasteiger partial charge in [-0.1, -0.05) is 43.8 Å². The molecule has 1 amide bonds. The fourth-order valence-electron chi connectivity index (χ4n) is 3.48. The van der Waals surface area contributed by atoms with Crippen LogP contribution in [0.25, 0.3) is 0 Å². The van der Waals surface area contributed by atoms with E-state index in [0.29, 0.717) is 46.7 Å². The third-order valence-electron chi connectivity index (χ3n) is 5.02. The zero-order valence-corrected chi connectivity index (χ0v) is 19.0. The van der Waals surface area contributed by atoms with Crippen LogP contribution in [0.3, 0.4) is 0 Å². The Morgan fingerprint density at radius 2 is 2.19 bits per heavy atom. The third kappa shape index (κ3) is 4.95. The van der Waals surface area contributed by atoms with Crippen molar-refractivity contribution in [1.29, 1.82) is 0 Å². The summed E-state index contributed by atoms with van der Waals surface area (Å²) in [7, 11) is 1.57. The topological polar surface area (TPSA) is 77.4 Å². The van der Waals surface area contributed by atoms with Crippen LogP contribution >= 0.6 is 11.8 Å². The first-order valence-electron chi connectivity index (χ1n) is 10.3. The number of hydrogen-bond acceptors (Lipinski definition) is 7. The largest absolute Gasteiger partial charge is 0.493 e. The third-order valence-corrected chi connectivity index (χ3v) is 5.97. The summed E-state index contributed by atoms with van der Waals surface area (Å²) in [6, 6.07) is 4.84. The van der Waals surface area contributed by atoms with Gasteiger partial charge >= 0.3 is 5.97 Å². The fraction of sp³-hybridized carbons (Fsp3) is 0.435. The quantitative estimate of drug-likeness (QED) is 0.322. The maximum Gasteiger partial charge on any atom is 0.338 e. The number of benzene rings is 1. The van der Waals surface area contributed by atoms with Gasteiger partial charge in [-0.15, -0.1) is 0 Å². The van der Waals surface area contributed by atoms with Crippen molar-refractivity contribution in [3.63, 3.8) is 0 Å². The molecule has 0 N–H and O–H groups in total. The number of rotatable bonds is 9. The van der Waals surface area contributed by atoms with Crippen LogP contribution in [0.2, 0.25) is 0 Å². The Bertz CT molecular complexity index is 925. The summed E-state index contributed by atoms with van der Waals surface area (Å²) in [4.78, 5) is 31.9. The van der Waals surface area contributed by atoms with Crippen molar-refractivity contribution < 1.29 is 23.8 Å². The van der Waals surface area contributed by atoms with Gasteiger partial charge in [0.25, 0.3) is 0 Å². The Kier molecular flexibility index (Phi) is 7.79. The van der Waals surface area contributed by atoms with Gasteiger partial charge in [0.05, 0.1) is 31.0 Å². The number of nitrogens with zero attached hydrogens (tertiary/aromatic N) is 2. The van der Waals surface area contributed by atoms with E-state index in [1.165, 1.54) is 17.8 Å². The summed E-state index contributed by atoms with van der Waals surface area (Å²) < 4.78 is 16.7. The lowest BCUT2D eigenvalue weighted by Gasteiger charge is -2.39. The lowest BCUT2D eigenvalue weighted by Crippen LogP contribution is -2.45. The molecule has 3 rings (SSSR count). The van der Waals surface area contributed by atoms with Gasteiger partial charge in [-0.25, -0.2) is 9.79 Å². The molecule has 0 unspecified atom stereocenters. The van der Waals surface area contributed by atoms with Crippen molar-refractivity contribution in [2.45, 2.75) is 39.2 Å². The van der Waals surface area contributed by atoms with Crippen LogP contribution in [0.1, 0.15) is 44.7 Å². The van der Waals surface area contributed by atoms with Crippen LogP contribution in [-0.4, -0.2) is 48.0 Å². The Morgan fingerprint density at radius 1 is 1.39 bits per heavy atom. The number of aliphatic imine (C=N–C) groups is 1. The molecule has 8 heteroatoms. The minimum absolute atomic E-state index is 0.0775. The monoisotopic (exact) mass is 444 g/mol. The summed E-state index contributed by atoms with van der Waals surface area (Å²) in [6.07, 6.45) is 3.85. The molecule has 0 spiro atoms. The second kappa shape index (κ2) is 10.5. The summed E-state index contributed by atoms with van der Waals surface area (Å²) in [5, 5.41) is 0.598. The average Bonchev–Trinajstić information content (AvgIpc) is 2.77. The molecule has 7 nitrogen and oxygen atoms in total. The molecule has 31 heavy (non-hydrogen) atoms. The van der Waals surface area contributed by atoms with Gasteiger partial charge in [0.1, 0.15) is 6.61 Å². The number of amides is 1.